The number of nitrogens with two attached hydrogens (primary N) is 2. The number of hydrogen-bond acceptors (Lipinski definition) is 8. The van der Waals surface area contributed by atoms with Gasteiger partial charge < -0.3 is 25.3 Å². The van der Waals surface area contributed by atoms with Crippen LogP contribution in [0.1, 0.15) is 23.6 Å². The average molecular weight is 491 g/mol. The van der Waals surface area contributed by atoms with Crippen LogP contribution in [0.5, 0.6) is 5.75 Å². The molecule has 1 fully saturated rings. The zero-order valence-electron chi connectivity index (χ0n) is 18.0. The first-order valence-corrected chi connectivity index (χ1v) is 11.7. The van der Waals surface area contributed by atoms with E-state index in [-0.39, 0.29) is 30.1 Å². The van der Waals surface area contributed by atoms with Crippen molar-refractivity contribution in [2.24, 2.45) is 11.1 Å². The topological polar surface area (TPSA) is 179 Å². The summed E-state index contributed by atoms with van der Waals surface area (Å²) < 4.78 is 45.7. The van der Waals surface area contributed by atoms with E-state index < -0.39 is 40.2 Å². The number of ether oxygens (including phenoxy) is 1. The third kappa shape index (κ3) is 4.54. The van der Waals surface area contributed by atoms with Crippen molar-refractivity contribution in [3.8, 4) is 17.6 Å². The molecule has 2 heterocycles. The highest BCUT2D eigenvalue weighted by Gasteiger charge is 2.43. The second-order valence-electron chi connectivity index (χ2n) is 7.91. The molecule has 0 spiro atoms. The molecular weight excluding hydrogens is 467 g/mol. The summed E-state index contributed by atoms with van der Waals surface area (Å²) in [6, 6.07) is 3.68. The van der Waals surface area contributed by atoms with E-state index in [2.05, 4.69) is 26.5 Å². The minimum atomic E-state index is -3.96. The summed E-state index contributed by atoms with van der Waals surface area (Å²) in [6.45, 7) is -0.149. The van der Waals surface area contributed by atoms with Gasteiger partial charge in [-0.1, -0.05) is 17.9 Å². The Morgan fingerprint density at radius 3 is 2.76 bits per heavy atom. The Balaban J connectivity index is 1.76. The summed E-state index contributed by atoms with van der Waals surface area (Å²) in [7, 11) is -2.55. The van der Waals surface area contributed by atoms with Gasteiger partial charge in [-0.3, -0.25) is 0 Å². The molecule has 13 heteroatoms. The number of hydrogen-bond donors (Lipinski definition) is 5. The Kier molecular flexibility index (Phi) is 6.43. The van der Waals surface area contributed by atoms with Crippen molar-refractivity contribution in [1.29, 1.82) is 0 Å². The van der Waals surface area contributed by atoms with Crippen LogP contribution in [-0.4, -0.2) is 59.0 Å². The summed E-state index contributed by atoms with van der Waals surface area (Å²) in [5.41, 5.74) is 6.87. The van der Waals surface area contributed by atoms with Crippen LogP contribution in [0.4, 0.5) is 10.2 Å². The molecule has 2 aromatic heterocycles. The molecule has 0 aliphatic heterocycles. The van der Waals surface area contributed by atoms with Gasteiger partial charge in [0.05, 0.1) is 30.2 Å². The van der Waals surface area contributed by atoms with E-state index >= 15 is 0 Å². The van der Waals surface area contributed by atoms with E-state index in [0.717, 1.165) is 0 Å². The van der Waals surface area contributed by atoms with Gasteiger partial charge in [0, 0.05) is 18.7 Å². The number of methoxy groups -OCH3 is 1. The number of nitrogens with one attached hydrogen (secondary N) is 1. The fraction of sp³-hybridized carbons (Fsp3) is 0.333. The zero-order chi connectivity index (χ0) is 24.6. The van der Waals surface area contributed by atoms with Crippen molar-refractivity contribution in [2.75, 3.05) is 19.4 Å². The molecule has 7 N–H and O–H groups in total. The molecule has 1 aliphatic rings. The maximum Gasteiger partial charge on any atom is 0.274 e. The second kappa shape index (κ2) is 9.16. The van der Waals surface area contributed by atoms with Gasteiger partial charge in [0.2, 0.25) is 0 Å². The van der Waals surface area contributed by atoms with Crippen molar-refractivity contribution < 1.29 is 27.8 Å². The third-order valence-electron chi connectivity index (χ3n) is 5.83. The molecular formula is C21H23FN6O5S. The van der Waals surface area contributed by atoms with Gasteiger partial charge >= 0.3 is 0 Å². The summed E-state index contributed by atoms with van der Waals surface area (Å²) in [5, 5.41) is 26.6. The molecule has 0 saturated heterocycles. The van der Waals surface area contributed by atoms with Gasteiger partial charge in [0.15, 0.2) is 0 Å². The van der Waals surface area contributed by atoms with Crippen molar-refractivity contribution in [2.45, 2.75) is 24.7 Å². The van der Waals surface area contributed by atoms with E-state index in [1.165, 1.54) is 25.6 Å². The first kappa shape index (κ1) is 23.9. The van der Waals surface area contributed by atoms with E-state index in [4.69, 9.17) is 15.6 Å². The lowest BCUT2D eigenvalue weighted by Gasteiger charge is -2.18. The summed E-state index contributed by atoms with van der Waals surface area (Å²) in [5.74, 6) is 4.88. The fourth-order valence-electron chi connectivity index (χ4n) is 4.18. The van der Waals surface area contributed by atoms with Crippen LogP contribution >= 0.6 is 0 Å². The Hall–Kier alpha value is -3.28. The minimum Gasteiger partial charge on any atom is -0.495 e. The maximum absolute atomic E-state index is 14.3. The molecule has 1 aliphatic carbocycles. The predicted molar refractivity (Wildman–Crippen MR) is 121 cm³/mol. The zero-order valence-corrected chi connectivity index (χ0v) is 18.8. The molecule has 3 aromatic rings. The summed E-state index contributed by atoms with van der Waals surface area (Å²) >= 11 is 0. The van der Waals surface area contributed by atoms with Crippen LogP contribution in [0.3, 0.4) is 0 Å². The van der Waals surface area contributed by atoms with Crippen LogP contribution in [-0.2, 0) is 10.2 Å². The highest BCUT2D eigenvalue weighted by molar-refractivity contribution is 7.87. The Labute approximate surface area is 194 Å². The monoisotopic (exact) mass is 490 g/mol. The van der Waals surface area contributed by atoms with Gasteiger partial charge in [-0.2, -0.15) is 8.42 Å². The van der Waals surface area contributed by atoms with Crippen molar-refractivity contribution in [3.63, 3.8) is 0 Å². The highest BCUT2D eigenvalue weighted by atomic mass is 32.2. The Morgan fingerprint density at radius 1 is 1.29 bits per heavy atom. The van der Waals surface area contributed by atoms with E-state index in [0.29, 0.717) is 16.6 Å². The minimum absolute atomic E-state index is 0.0618. The molecule has 4 rings (SSSR count). The van der Waals surface area contributed by atoms with E-state index in [9.17, 15) is 23.0 Å². The summed E-state index contributed by atoms with van der Waals surface area (Å²) in [6.07, 6.45) is 0.612. The van der Waals surface area contributed by atoms with Gasteiger partial charge in [0.1, 0.15) is 41.0 Å². The average Bonchev–Trinajstić information content (AvgIpc) is 3.29. The lowest BCUT2D eigenvalue weighted by Crippen LogP contribution is -2.38. The first-order valence-electron chi connectivity index (χ1n) is 10.2. The molecule has 34 heavy (non-hydrogen) atoms. The van der Waals surface area contributed by atoms with Gasteiger partial charge in [0.25, 0.3) is 10.2 Å². The predicted octanol–water partition coefficient (Wildman–Crippen LogP) is -0.363. The van der Waals surface area contributed by atoms with Crippen molar-refractivity contribution in [1.82, 2.24) is 19.3 Å². The maximum atomic E-state index is 14.3. The second-order valence-corrected chi connectivity index (χ2v) is 9.29. The van der Waals surface area contributed by atoms with Crippen LogP contribution in [0.15, 0.2) is 30.7 Å². The lowest BCUT2D eigenvalue weighted by atomic mass is 10.1. The number of aliphatic hydroxyl groups excluding tert-OH is 2. The van der Waals surface area contributed by atoms with Gasteiger partial charge in [-0.15, -0.1) is 0 Å². The van der Waals surface area contributed by atoms with E-state index in [1.54, 1.807) is 16.8 Å². The van der Waals surface area contributed by atoms with Crippen LogP contribution in [0, 0.1) is 23.6 Å². The molecule has 4 atom stereocenters. The lowest BCUT2D eigenvalue weighted by molar-refractivity contribution is 0.00769. The first-order chi connectivity index (χ1) is 16.1. The largest absolute Gasteiger partial charge is 0.495 e. The van der Waals surface area contributed by atoms with Crippen molar-refractivity contribution in [3.05, 3.63) is 47.7 Å². The SMILES string of the molecule is COc1cccc(F)c1C#Cc1cn([C@@H]2C[C@H](CNS(N)(=O)=O)[C@@H](O)[C@H]2O)c2ncnc(N)c12. The number of nitrogen functional groups attached to an aromatic ring is 1. The molecule has 180 valence electrons. The molecule has 0 radical (unpaired) electrons. The quantitative estimate of drug-likeness (QED) is 0.301. The number of anilines is 1. The van der Waals surface area contributed by atoms with Crippen LogP contribution in [0.2, 0.25) is 0 Å². The van der Waals surface area contributed by atoms with Crippen molar-refractivity contribution >= 4 is 27.1 Å². The molecule has 0 unspecified atom stereocenters. The highest BCUT2D eigenvalue weighted by Crippen LogP contribution is 2.38. The molecule has 11 nitrogen and oxygen atoms in total. The standard InChI is InChI=1S/C21H23FN6O5S/c1-33-16-4-2-3-14(22)13(16)6-5-11-9-28(21-17(11)20(23)25-10-26-21)15-7-12(18(29)19(15)30)8-27-34(24,31)32/h2-4,9-10,12,15,18-19,27,29-30H,7-8H2,1H3,(H2,23,25,26)(H2,24,31,32)/t12-,15-,18-,19+/m1/s1. The molecule has 0 bridgehead atoms. The van der Waals surface area contributed by atoms with Gasteiger partial charge in [-0.05, 0) is 18.6 Å². The van der Waals surface area contributed by atoms with E-state index in [1.807, 2.05) is 0 Å². The smallest absolute Gasteiger partial charge is 0.274 e. The number of aliphatic hydroxyl groups is 2. The number of halogens is 1. The normalized spacial score (nSPS) is 22.5. The Morgan fingerprint density at radius 2 is 2.06 bits per heavy atom. The fourth-order valence-corrected chi connectivity index (χ4v) is 4.63. The van der Waals surface area contributed by atoms with Crippen LogP contribution < -0.4 is 20.3 Å². The number of fused-ring (bicyclic) bond motifs is 1. The molecule has 0 amide bonds. The molecule has 1 aromatic carbocycles. The molecule has 1 saturated carbocycles. The number of aromatic nitrogens is 3. The van der Waals surface area contributed by atoms with Gasteiger partial charge in [-0.25, -0.2) is 24.2 Å². The number of nitrogens with zero attached hydrogens (tertiary/aromatic N) is 3. The number of rotatable bonds is 5. The Bertz CT molecular complexity index is 1400. The number of benzene rings is 1. The summed E-state index contributed by atoms with van der Waals surface area (Å²) in [4.78, 5) is 8.27. The van der Waals surface area contributed by atoms with Crippen LogP contribution in [0.25, 0.3) is 11.0 Å². The third-order valence-corrected chi connectivity index (χ3v) is 6.40.